The van der Waals surface area contributed by atoms with Crippen LogP contribution < -0.4 is 4.74 Å². The summed E-state index contributed by atoms with van der Waals surface area (Å²) in [7, 11) is 0. The van der Waals surface area contributed by atoms with Gasteiger partial charge in [-0.1, -0.05) is 39.2 Å². The van der Waals surface area contributed by atoms with E-state index < -0.39 is 5.72 Å². The highest BCUT2D eigenvalue weighted by Crippen LogP contribution is 2.50. The van der Waals surface area contributed by atoms with Crippen LogP contribution in [0.3, 0.4) is 0 Å². The first kappa shape index (κ1) is 18.1. The molecule has 1 aliphatic carbocycles. The molecular weight excluding hydrogens is 346 g/mol. The van der Waals surface area contributed by atoms with E-state index in [-0.39, 0.29) is 5.41 Å². The number of rotatable bonds is 2. The van der Waals surface area contributed by atoms with Crippen LogP contribution in [0.15, 0.2) is 35.6 Å². The second kappa shape index (κ2) is 6.84. The Bertz CT molecular complexity index is 900. The Morgan fingerprint density at radius 1 is 1.11 bits per heavy atom. The van der Waals surface area contributed by atoms with Crippen LogP contribution >= 0.6 is 0 Å². The highest BCUT2D eigenvalue weighted by Gasteiger charge is 2.54. The summed E-state index contributed by atoms with van der Waals surface area (Å²) in [5.41, 5.74) is 0.492. The molecule has 1 spiro atoms. The van der Waals surface area contributed by atoms with Gasteiger partial charge in [0.25, 0.3) is 0 Å². The zero-order valence-electron chi connectivity index (χ0n) is 17.2. The molecule has 1 unspecified atom stereocenters. The normalized spacial score (nSPS) is 27.6. The molecule has 1 aromatic carbocycles. The van der Waals surface area contributed by atoms with E-state index in [1.807, 2.05) is 18.5 Å². The monoisotopic (exact) mass is 377 g/mol. The van der Waals surface area contributed by atoms with Gasteiger partial charge in [-0.15, -0.1) is 0 Å². The minimum Gasteiger partial charge on any atom is -0.464 e. The molecule has 5 rings (SSSR count). The molecule has 4 heteroatoms. The molecule has 3 heterocycles. The molecule has 148 valence electrons. The second-order valence-corrected chi connectivity index (χ2v) is 9.50. The lowest BCUT2D eigenvalue weighted by Gasteiger charge is -2.55. The summed E-state index contributed by atoms with van der Waals surface area (Å²) in [4.78, 5) is 11.9. The molecule has 28 heavy (non-hydrogen) atoms. The minimum atomic E-state index is -0.453. The van der Waals surface area contributed by atoms with Crippen molar-refractivity contribution >= 4 is 22.7 Å². The Morgan fingerprint density at radius 3 is 2.82 bits per heavy atom. The van der Waals surface area contributed by atoms with E-state index >= 15 is 0 Å². The van der Waals surface area contributed by atoms with Crippen LogP contribution in [-0.4, -0.2) is 34.9 Å². The predicted molar refractivity (Wildman–Crippen MR) is 114 cm³/mol. The number of nitrogens with zero attached hydrogens (tertiary/aromatic N) is 3. The summed E-state index contributed by atoms with van der Waals surface area (Å²) < 4.78 is 6.89. The molecule has 1 saturated heterocycles. The molecule has 4 nitrogen and oxygen atoms in total. The van der Waals surface area contributed by atoms with Gasteiger partial charge in [0, 0.05) is 36.3 Å². The number of benzene rings is 1. The van der Waals surface area contributed by atoms with Crippen LogP contribution in [0, 0.1) is 11.3 Å². The average Bonchev–Trinajstić information content (AvgIpc) is 2.72. The lowest BCUT2D eigenvalue weighted by atomic mass is 9.72. The summed E-state index contributed by atoms with van der Waals surface area (Å²) in [6.07, 6.45) is 15.1. The Hall–Kier alpha value is -1.94. The van der Waals surface area contributed by atoms with Crippen LogP contribution in [0.4, 0.5) is 5.69 Å². The van der Waals surface area contributed by atoms with Crippen molar-refractivity contribution in [2.24, 2.45) is 16.3 Å². The van der Waals surface area contributed by atoms with Crippen molar-refractivity contribution in [3.8, 4) is 5.75 Å². The topological polar surface area (TPSA) is 37.7 Å². The number of pyridine rings is 1. The van der Waals surface area contributed by atoms with E-state index in [9.17, 15) is 0 Å². The largest absolute Gasteiger partial charge is 0.464 e. The molecular formula is C24H31N3O. The van der Waals surface area contributed by atoms with Crippen molar-refractivity contribution in [2.75, 3.05) is 13.1 Å². The van der Waals surface area contributed by atoms with Crippen LogP contribution in [0.25, 0.3) is 10.8 Å². The molecule has 0 amide bonds. The third-order valence-electron chi connectivity index (χ3n) is 7.26. The first-order valence-electron chi connectivity index (χ1n) is 11.0. The van der Waals surface area contributed by atoms with Gasteiger partial charge in [-0.3, -0.25) is 14.9 Å². The number of ether oxygens (including phenoxy) is 1. The van der Waals surface area contributed by atoms with E-state index in [0.29, 0.717) is 0 Å². The van der Waals surface area contributed by atoms with Crippen molar-refractivity contribution in [3.63, 3.8) is 0 Å². The summed E-state index contributed by atoms with van der Waals surface area (Å²) in [5.74, 6) is 1.69. The van der Waals surface area contributed by atoms with Crippen LogP contribution in [0.2, 0.25) is 0 Å². The lowest BCUT2D eigenvalue weighted by Crippen LogP contribution is -2.67. The molecule has 1 saturated carbocycles. The lowest BCUT2D eigenvalue weighted by molar-refractivity contribution is -0.140. The number of hydrogen-bond donors (Lipinski definition) is 0. The van der Waals surface area contributed by atoms with Gasteiger partial charge >= 0.3 is 0 Å². The molecule has 3 aliphatic rings. The van der Waals surface area contributed by atoms with Crippen molar-refractivity contribution in [1.29, 1.82) is 0 Å². The Labute approximate surface area is 168 Å². The maximum absolute atomic E-state index is 6.89. The first-order valence-corrected chi connectivity index (χ1v) is 11.0. The standard InChI is InChI=1S/C24H31N3O/c1-23(2)12-6-14-27(16-18-7-4-3-5-8-18)24(23)17-26-22-20-15-25-13-11-19(20)9-10-21(22)28-24/h9-11,13,15,17-18H,3-8,12,14,16H2,1-2H3. The second-order valence-electron chi connectivity index (χ2n) is 9.50. The maximum atomic E-state index is 6.89. The third kappa shape index (κ3) is 2.85. The van der Waals surface area contributed by atoms with E-state index in [4.69, 9.17) is 9.73 Å². The van der Waals surface area contributed by atoms with Gasteiger partial charge in [0.2, 0.25) is 5.72 Å². The fraction of sp³-hybridized carbons (Fsp3) is 0.583. The summed E-state index contributed by atoms with van der Waals surface area (Å²) in [5, 5.41) is 2.23. The summed E-state index contributed by atoms with van der Waals surface area (Å²) >= 11 is 0. The van der Waals surface area contributed by atoms with Crippen molar-refractivity contribution < 1.29 is 4.74 Å². The highest BCUT2D eigenvalue weighted by atomic mass is 16.5. The molecule has 0 radical (unpaired) electrons. The Balaban J connectivity index is 1.54. The van der Waals surface area contributed by atoms with Crippen molar-refractivity contribution in [2.45, 2.75) is 64.5 Å². The van der Waals surface area contributed by atoms with Crippen LogP contribution in [0.5, 0.6) is 5.75 Å². The quantitative estimate of drug-likeness (QED) is 0.671. The average molecular weight is 378 g/mol. The van der Waals surface area contributed by atoms with Crippen LogP contribution in [-0.2, 0) is 0 Å². The van der Waals surface area contributed by atoms with E-state index in [0.717, 1.165) is 47.6 Å². The molecule has 0 bridgehead atoms. The van der Waals surface area contributed by atoms with Crippen LogP contribution in [0.1, 0.15) is 58.8 Å². The minimum absolute atomic E-state index is 0.0189. The van der Waals surface area contributed by atoms with Gasteiger partial charge in [0.05, 0.1) is 6.21 Å². The smallest absolute Gasteiger partial charge is 0.204 e. The van der Waals surface area contributed by atoms with E-state index in [1.54, 1.807) is 0 Å². The zero-order chi connectivity index (χ0) is 19.2. The van der Waals surface area contributed by atoms with E-state index in [1.165, 1.54) is 38.5 Å². The molecule has 2 aromatic rings. The number of fused-ring (bicyclic) bond motifs is 3. The van der Waals surface area contributed by atoms with Gasteiger partial charge in [0.1, 0.15) is 11.4 Å². The van der Waals surface area contributed by atoms with Gasteiger partial charge in [-0.25, -0.2) is 0 Å². The molecule has 2 aliphatic heterocycles. The molecule has 2 fully saturated rings. The van der Waals surface area contributed by atoms with Gasteiger partial charge in [-0.05, 0) is 49.1 Å². The number of aromatic nitrogens is 1. The van der Waals surface area contributed by atoms with Gasteiger partial charge < -0.3 is 4.74 Å². The van der Waals surface area contributed by atoms with Gasteiger partial charge in [-0.2, -0.15) is 0 Å². The maximum Gasteiger partial charge on any atom is 0.204 e. The first-order chi connectivity index (χ1) is 13.6. The SMILES string of the molecule is CC1(C)CCCN(CC2CCCCC2)C12C=Nc1c(ccc3ccncc13)O2. The van der Waals surface area contributed by atoms with E-state index in [2.05, 4.69) is 42.1 Å². The number of piperidine rings is 1. The van der Waals surface area contributed by atoms with Crippen molar-refractivity contribution in [1.82, 2.24) is 9.88 Å². The predicted octanol–water partition coefficient (Wildman–Crippen LogP) is 5.73. The zero-order valence-corrected chi connectivity index (χ0v) is 17.2. The highest BCUT2D eigenvalue weighted by molar-refractivity contribution is 5.97. The summed E-state index contributed by atoms with van der Waals surface area (Å²) in [6, 6.07) is 6.26. The number of hydrogen-bond acceptors (Lipinski definition) is 4. The molecule has 1 aromatic heterocycles. The van der Waals surface area contributed by atoms with Gasteiger partial charge in [0.15, 0.2) is 0 Å². The molecule has 1 atom stereocenters. The Morgan fingerprint density at radius 2 is 1.96 bits per heavy atom. The molecule has 0 N–H and O–H groups in total. The number of aliphatic imine (C=N–C) groups is 1. The third-order valence-corrected chi connectivity index (χ3v) is 7.26. The fourth-order valence-corrected chi connectivity index (χ4v) is 5.54. The van der Waals surface area contributed by atoms with Crippen molar-refractivity contribution in [3.05, 3.63) is 30.6 Å². The number of likely N-dealkylation sites (tertiary alicyclic amines) is 1. The summed E-state index contributed by atoms with van der Waals surface area (Å²) in [6.45, 7) is 6.91. The fourth-order valence-electron chi connectivity index (χ4n) is 5.54. The Kier molecular flexibility index (Phi) is 4.42.